The first kappa shape index (κ1) is 21.7. The number of aryl methyl sites for hydroxylation is 1. The van der Waals surface area contributed by atoms with Crippen LogP contribution in [-0.4, -0.2) is 29.1 Å². The van der Waals surface area contributed by atoms with Gasteiger partial charge in [-0.3, -0.25) is 9.69 Å². The maximum Gasteiger partial charge on any atom is 0.267 e. The molecule has 0 bridgehead atoms. The van der Waals surface area contributed by atoms with Crippen LogP contribution < -0.4 is 4.74 Å². The number of amidine groups is 1. The number of nitrogens with zero attached hydrogens (tertiary/aromatic N) is 2. The number of thioether (sulfide) groups is 1. The molecule has 2 aromatic rings. The van der Waals surface area contributed by atoms with E-state index in [0.29, 0.717) is 5.92 Å². The fourth-order valence-corrected chi connectivity index (χ4v) is 5.35. The van der Waals surface area contributed by atoms with Gasteiger partial charge in [0, 0.05) is 6.04 Å². The number of benzene rings is 2. The van der Waals surface area contributed by atoms with Gasteiger partial charge in [-0.15, -0.1) is 0 Å². The van der Waals surface area contributed by atoms with E-state index in [1.54, 1.807) is 7.11 Å². The van der Waals surface area contributed by atoms with E-state index in [0.717, 1.165) is 51.0 Å². The fourth-order valence-electron chi connectivity index (χ4n) is 4.30. The minimum Gasteiger partial charge on any atom is -0.496 e. The van der Waals surface area contributed by atoms with Gasteiger partial charge in [-0.1, -0.05) is 44.9 Å². The predicted molar refractivity (Wildman–Crippen MR) is 130 cm³/mol. The zero-order chi connectivity index (χ0) is 22.0. The Morgan fingerprint density at radius 2 is 1.87 bits per heavy atom. The number of amides is 1. The SMILES string of the molecule is COc1cc(C)c(/C=C2/SC(=Nc3ccccc3)N(C3CCCC3)C2=O)cc1C(C)C. The topological polar surface area (TPSA) is 41.9 Å². The van der Waals surface area contributed by atoms with Crippen LogP contribution in [0.2, 0.25) is 0 Å². The van der Waals surface area contributed by atoms with Crippen molar-refractivity contribution in [3.05, 3.63) is 64.1 Å². The summed E-state index contributed by atoms with van der Waals surface area (Å²) in [6.07, 6.45) is 6.47. The molecule has 1 aliphatic heterocycles. The van der Waals surface area contributed by atoms with Gasteiger partial charge in [0.2, 0.25) is 0 Å². The second-order valence-electron chi connectivity index (χ2n) is 8.56. The highest BCUT2D eigenvalue weighted by Crippen LogP contribution is 2.40. The molecule has 5 heteroatoms. The molecule has 162 valence electrons. The molecule has 0 N–H and O–H groups in total. The molecular weight excluding hydrogens is 404 g/mol. The van der Waals surface area contributed by atoms with E-state index in [9.17, 15) is 4.79 Å². The van der Waals surface area contributed by atoms with E-state index in [-0.39, 0.29) is 11.9 Å². The van der Waals surface area contributed by atoms with E-state index < -0.39 is 0 Å². The van der Waals surface area contributed by atoms with Crippen molar-refractivity contribution >= 4 is 34.6 Å². The summed E-state index contributed by atoms with van der Waals surface area (Å²) in [4.78, 5) is 21.0. The van der Waals surface area contributed by atoms with Crippen LogP contribution in [0.25, 0.3) is 6.08 Å². The molecule has 0 spiro atoms. The molecule has 2 aromatic carbocycles. The van der Waals surface area contributed by atoms with Gasteiger partial charge in [0.25, 0.3) is 5.91 Å². The molecule has 1 heterocycles. The van der Waals surface area contributed by atoms with Crippen LogP contribution in [0.5, 0.6) is 5.75 Å². The average molecular weight is 435 g/mol. The summed E-state index contributed by atoms with van der Waals surface area (Å²) in [5.74, 6) is 1.32. The Morgan fingerprint density at radius 3 is 2.52 bits per heavy atom. The summed E-state index contributed by atoms with van der Waals surface area (Å²) in [6, 6.07) is 14.4. The third kappa shape index (κ3) is 4.57. The lowest BCUT2D eigenvalue weighted by atomic mass is 9.96. The molecule has 2 aliphatic rings. The lowest BCUT2D eigenvalue weighted by molar-refractivity contribution is -0.123. The number of rotatable bonds is 5. The second-order valence-corrected chi connectivity index (χ2v) is 9.57. The first-order valence-corrected chi connectivity index (χ1v) is 11.8. The molecule has 1 saturated carbocycles. The lowest BCUT2D eigenvalue weighted by Gasteiger charge is -2.22. The molecule has 1 amide bonds. The largest absolute Gasteiger partial charge is 0.496 e. The van der Waals surface area contributed by atoms with Crippen molar-refractivity contribution in [3.8, 4) is 5.75 Å². The van der Waals surface area contributed by atoms with Gasteiger partial charge in [0.1, 0.15) is 5.75 Å². The van der Waals surface area contributed by atoms with Crippen molar-refractivity contribution in [1.82, 2.24) is 4.90 Å². The second kappa shape index (κ2) is 9.31. The van der Waals surface area contributed by atoms with Gasteiger partial charge in [-0.25, -0.2) is 4.99 Å². The smallest absolute Gasteiger partial charge is 0.267 e. The van der Waals surface area contributed by atoms with Crippen molar-refractivity contribution in [1.29, 1.82) is 0 Å². The highest BCUT2D eigenvalue weighted by molar-refractivity contribution is 8.18. The Bertz CT molecular complexity index is 1020. The molecule has 0 radical (unpaired) electrons. The summed E-state index contributed by atoms with van der Waals surface area (Å²) in [7, 11) is 1.71. The van der Waals surface area contributed by atoms with E-state index in [1.807, 2.05) is 41.3 Å². The number of ether oxygens (including phenoxy) is 1. The standard InChI is InChI=1S/C26H30N2O2S/c1-17(2)22-15-19(18(3)14-23(22)30-4)16-24-25(29)28(21-12-8-9-13-21)26(31-24)27-20-10-6-5-7-11-20/h5-7,10-11,14-17,21H,8-9,12-13H2,1-4H3/b24-16+,27-26?. The highest BCUT2D eigenvalue weighted by Gasteiger charge is 2.39. The quantitative estimate of drug-likeness (QED) is 0.493. The molecule has 1 saturated heterocycles. The molecule has 2 fully saturated rings. The van der Waals surface area contributed by atoms with E-state index >= 15 is 0 Å². The molecule has 0 unspecified atom stereocenters. The van der Waals surface area contributed by atoms with Crippen LogP contribution in [0.15, 0.2) is 52.4 Å². The third-order valence-corrected chi connectivity index (χ3v) is 7.02. The number of para-hydroxylation sites is 1. The first-order valence-electron chi connectivity index (χ1n) is 11.0. The Labute approximate surface area is 189 Å². The number of carbonyl (C=O) groups is 1. The van der Waals surface area contributed by atoms with Gasteiger partial charge >= 0.3 is 0 Å². The molecule has 4 nitrogen and oxygen atoms in total. The molecule has 0 atom stereocenters. The number of methoxy groups -OCH3 is 1. The summed E-state index contributed by atoms with van der Waals surface area (Å²) < 4.78 is 5.58. The highest BCUT2D eigenvalue weighted by atomic mass is 32.2. The molecule has 1 aliphatic carbocycles. The van der Waals surface area contributed by atoms with Gasteiger partial charge in [0.05, 0.1) is 17.7 Å². The maximum atomic E-state index is 13.5. The fraction of sp³-hybridized carbons (Fsp3) is 0.385. The van der Waals surface area contributed by atoms with Gasteiger partial charge < -0.3 is 4.74 Å². The van der Waals surface area contributed by atoms with Crippen LogP contribution >= 0.6 is 11.8 Å². The Kier molecular flexibility index (Phi) is 6.51. The van der Waals surface area contributed by atoms with Gasteiger partial charge in [-0.05, 0) is 84.5 Å². The Balaban J connectivity index is 1.74. The minimum absolute atomic E-state index is 0.0768. The Hall–Kier alpha value is -2.53. The van der Waals surface area contributed by atoms with Crippen LogP contribution in [-0.2, 0) is 4.79 Å². The average Bonchev–Trinajstić information content (AvgIpc) is 3.38. The first-order chi connectivity index (χ1) is 15.0. The maximum absolute atomic E-state index is 13.5. The van der Waals surface area contributed by atoms with Crippen molar-refractivity contribution in [2.45, 2.75) is 58.4 Å². The summed E-state index contributed by atoms with van der Waals surface area (Å²) in [5.41, 5.74) is 4.20. The zero-order valence-electron chi connectivity index (χ0n) is 18.7. The normalized spacial score (nSPS) is 19.9. The van der Waals surface area contributed by atoms with Crippen LogP contribution in [0.4, 0.5) is 5.69 Å². The van der Waals surface area contributed by atoms with Crippen LogP contribution in [0.1, 0.15) is 62.1 Å². The van der Waals surface area contributed by atoms with Crippen molar-refractivity contribution in [2.75, 3.05) is 7.11 Å². The molecule has 0 aromatic heterocycles. The van der Waals surface area contributed by atoms with Crippen molar-refractivity contribution in [3.63, 3.8) is 0 Å². The van der Waals surface area contributed by atoms with E-state index in [1.165, 1.54) is 24.6 Å². The minimum atomic E-state index is 0.0768. The number of hydrogen-bond donors (Lipinski definition) is 0. The van der Waals surface area contributed by atoms with Crippen LogP contribution in [0, 0.1) is 6.92 Å². The summed E-state index contributed by atoms with van der Waals surface area (Å²) >= 11 is 1.49. The zero-order valence-corrected chi connectivity index (χ0v) is 19.5. The van der Waals surface area contributed by atoms with Gasteiger partial charge in [0.15, 0.2) is 5.17 Å². The van der Waals surface area contributed by atoms with Gasteiger partial charge in [-0.2, -0.15) is 0 Å². The Morgan fingerprint density at radius 1 is 1.16 bits per heavy atom. The van der Waals surface area contributed by atoms with Crippen molar-refractivity contribution < 1.29 is 9.53 Å². The predicted octanol–water partition coefficient (Wildman–Crippen LogP) is 6.67. The lowest BCUT2D eigenvalue weighted by Crippen LogP contribution is -2.37. The van der Waals surface area contributed by atoms with E-state index in [4.69, 9.17) is 9.73 Å². The third-order valence-electron chi connectivity index (χ3n) is 6.03. The number of carbonyl (C=O) groups excluding carboxylic acids is 1. The number of aliphatic imine (C=N–C) groups is 1. The number of hydrogen-bond acceptors (Lipinski definition) is 4. The van der Waals surface area contributed by atoms with Crippen molar-refractivity contribution in [2.24, 2.45) is 4.99 Å². The monoisotopic (exact) mass is 434 g/mol. The molecule has 31 heavy (non-hydrogen) atoms. The summed E-state index contributed by atoms with van der Waals surface area (Å²) in [5, 5.41) is 0.796. The summed E-state index contributed by atoms with van der Waals surface area (Å²) in [6.45, 7) is 6.38. The molecular formula is C26H30N2O2S. The molecule has 4 rings (SSSR count). The van der Waals surface area contributed by atoms with Crippen LogP contribution in [0.3, 0.4) is 0 Å². The van der Waals surface area contributed by atoms with E-state index in [2.05, 4.69) is 32.9 Å².